The van der Waals surface area contributed by atoms with E-state index in [-0.39, 0.29) is 29.7 Å². The second kappa shape index (κ2) is 10.8. The maximum atomic E-state index is 13.9. The molecule has 0 bridgehead atoms. The minimum Gasteiger partial charge on any atom is -0.490 e. The summed E-state index contributed by atoms with van der Waals surface area (Å²) in [6.45, 7) is 2.52. The Morgan fingerprint density at radius 1 is 1.17 bits per heavy atom. The molecule has 9 heteroatoms. The van der Waals surface area contributed by atoms with E-state index in [0.717, 1.165) is 5.56 Å². The number of para-hydroxylation sites is 1. The molecule has 3 aromatic carbocycles. The molecule has 1 aliphatic rings. The molecule has 35 heavy (non-hydrogen) atoms. The Hall–Kier alpha value is -4.22. The van der Waals surface area contributed by atoms with E-state index in [2.05, 4.69) is 5.32 Å². The number of ether oxygens (including phenoxy) is 4. The highest BCUT2D eigenvalue weighted by Gasteiger charge is 2.17. The number of nitriles is 1. The number of hydrogen-bond donors (Lipinski definition) is 1. The molecule has 0 spiro atoms. The van der Waals surface area contributed by atoms with Crippen LogP contribution in [0.25, 0.3) is 6.08 Å². The molecular formula is C26H20ClFN2O5. The fourth-order valence-electron chi connectivity index (χ4n) is 3.33. The molecule has 3 aromatic rings. The van der Waals surface area contributed by atoms with Crippen molar-refractivity contribution in [3.63, 3.8) is 0 Å². The number of nitrogens with one attached hydrogen (secondary N) is 1. The van der Waals surface area contributed by atoms with Gasteiger partial charge in [0.15, 0.2) is 23.0 Å². The molecule has 0 saturated heterocycles. The largest absolute Gasteiger partial charge is 0.490 e. The third-order valence-electron chi connectivity index (χ3n) is 4.95. The lowest BCUT2D eigenvalue weighted by Gasteiger charge is -2.15. The number of benzene rings is 3. The lowest BCUT2D eigenvalue weighted by Crippen LogP contribution is -2.14. The van der Waals surface area contributed by atoms with Crippen LogP contribution < -0.4 is 24.3 Å². The first-order valence-electron chi connectivity index (χ1n) is 10.6. The molecule has 1 N–H and O–H groups in total. The van der Waals surface area contributed by atoms with Crippen molar-refractivity contribution in [2.45, 2.75) is 13.5 Å². The van der Waals surface area contributed by atoms with Crippen LogP contribution in [0, 0.1) is 17.1 Å². The van der Waals surface area contributed by atoms with Gasteiger partial charge in [-0.2, -0.15) is 5.26 Å². The van der Waals surface area contributed by atoms with E-state index in [1.54, 1.807) is 31.2 Å². The van der Waals surface area contributed by atoms with Gasteiger partial charge in [0.05, 0.1) is 17.3 Å². The maximum absolute atomic E-state index is 13.9. The topological polar surface area (TPSA) is 89.8 Å². The van der Waals surface area contributed by atoms with Crippen molar-refractivity contribution in [2.75, 3.05) is 18.7 Å². The molecule has 0 unspecified atom stereocenters. The van der Waals surface area contributed by atoms with Crippen molar-refractivity contribution in [3.05, 3.63) is 82.1 Å². The van der Waals surface area contributed by atoms with Gasteiger partial charge < -0.3 is 24.3 Å². The second-order valence-corrected chi connectivity index (χ2v) is 7.75. The predicted octanol–water partition coefficient (Wildman–Crippen LogP) is 5.73. The minimum atomic E-state index is -0.755. The molecule has 7 nitrogen and oxygen atoms in total. The van der Waals surface area contributed by atoms with Gasteiger partial charge in [0.1, 0.15) is 24.1 Å². The lowest BCUT2D eigenvalue weighted by atomic mass is 10.1. The van der Waals surface area contributed by atoms with Crippen LogP contribution in [0.3, 0.4) is 0 Å². The fraction of sp³-hybridized carbons (Fsp3) is 0.154. The van der Waals surface area contributed by atoms with E-state index >= 15 is 0 Å². The standard InChI is InChI=1S/C26H20ClFN2O5/c1-2-32-24-12-17(9-18(13-29)26(31)30-21-6-4-3-5-20(21)28)10-19(27)25(24)33-14-16-7-8-22-23(11-16)35-15-34-22/h3-12H,2,14-15H2,1H3,(H,30,31)/b18-9-. The van der Waals surface area contributed by atoms with Crippen LogP contribution in [-0.4, -0.2) is 19.3 Å². The zero-order valence-corrected chi connectivity index (χ0v) is 19.4. The van der Waals surface area contributed by atoms with Crippen molar-refractivity contribution in [1.82, 2.24) is 0 Å². The molecule has 0 fully saturated rings. The van der Waals surface area contributed by atoms with Crippen molar-refractivity contribution >= 4 is 29.3 Å². The number of fused-ring (bicyclic) bond motifs is 1. The van der Waals surface area contributed by atoms with Gasteiger partial charge in [0.2, 0.25) is 6.79 Å². The first-order chi connectivity index (χ1) is 17.0. The van der Waals surface area contributed by atoms with Crippen LogP contribution in [0.5, 0.6) is 23.0 Å². The molecule has 1 heterocycles. The van der Waals surface area contributed by atoms with Gasteiger partial charge in [0, 0.05) is 0 Å². The SMILES string of the molecule is CCOc1cc(/C=C(/C#N)C(=O)Nc2ccccc2F)cc(Cl)c1OCc1ccc2c(c1)OCO2. The molecule has 0 saturated carbocycles. The van der Waals surface area contributed by atoms with Crippen molar-refractivity contribution in [2.24, 2.45) is 0 Å². The summed E-state index contributed by atoms with van der Waals surface area (Å²) >= 11 is 6.48. The monoisotopic (exact) mass is 494 g/mol. The Labute approximate surface area is 206 Å². The van der Waals surface area contributed by atoms with E-state index in [1.807, 2.05) is 18.2 Å². The highest BCUT2D eigenvalue weighted by Crippen LogP contribution is 2.39. The summed E-state index contributed by atoms with van der Waals surface area (Å²) in [5.41, 5.74) is 1.02. The molecule has 178 valence electrons. The molecule has 0 radical (unpaired) electrons. The fourth-order valence-corrected chi connectivity index (χ4v) is 3.60. The summed E-state index contributed by atoms with van der Waals surface area (Å²) in [4.78, 5) is 12.5. The van der Waals surface area contributed by atoms with Gasteiger partial charge in [-0.1, -0.05) is 29.8 Å². The van der Waals surface area contributed by atoms with Crippen molar-refractivity contribution in [3.8, 4) is 29.1 Å². The zero-order valence-electron chi connectivity index (χ0n) is 18.6. The summed E-state index contributed by atoms with van der Waals surface area (Å²) in [5.74, 6) is 0.612. The normalized spacial score (nSPS) is 12.1. The number of amides is 1. The van der Waals surface area contributed by atoms with E-state index in [9.17, 15) is 14.4 Å². The van der Waals surface area contributed by atoms with Gasteiger partial charge in [-0.15, -0.1) is 0 Å². The Morgan fingerprint density at radius 2 is 1.97 bits per heavy atom. The number of rotatable bonds is 8. The first kappa shape index (κ1) is 23.9. The summed E-state index contributed by atoms with van der Waals surface area (Å²) in [5, 5.41) is 12.1. The number of carbonyl (C=O) groups excluding carboxylic acids is 1. The highest BCUT2D eigenvalue weighted by atomic mass is 35.5. The average Bonchev–Trinajstić information content (AvgIpc) is 3.31. The van der Waals surface area contributed by atoms with Gasteiger partial charge in [-0.3, -0.25) is 4.79 Å². The molecule has 0 aromatic heterocycles. The smallest absolute Gasteiger partial charge is 0.266 e. The van der Waals surface area contributed by atoms with Crippen molar-refractivity contribution in [1.29, 1.82) is 5.26 Å². The quantitative estimate of drug-likeness (QED) is 0.317. The third-order valence-corrected chi connectivity index (χ3v) is 5.23. The summed E-state index contributed by atoms with van der Waals surface area (Å²) in [7, 11) is 0. The van der Waals surface area contributed by atoms with E-state index in [0.29, 0.717) is 35.2 Å². The Morgan fingerprint density at radius 3 is 2.74 bits per heavy atom. The molecule has 1 amide bonds. The van der Waals surface area contributed by atoms with Crippen molar-refractivity contribution < 1.29 is 28.1 Å². The Kier molecular flexibility index (Phi) is 7.38. The summed E-state index contributed by atoms with van der Waals surface area (Å²) in [6.07, 6.45) is 1.34. The van der Waals surface area contributed by atoms with E-state index in [4.69, 9.17) is 30.5 Å². The molecule has 0 atom stereocenters. The Bertz CT molecular complexity index is 1340. The number of anilines is 1. The summed E-state index contributed by atoms with van der Waals surface area (Å²) in [6, 6.07) is 16.2. The van der Waals surface area contributed by atoms with Crippen LogP contribution in [0.1, 0.15) is 18.1 Å². The van der Waals surface area contributed by atoms with E-state index < -0.39 is 11.7 Å². The van der Waals surface area contributed by atoms with Crippen LogP contribution in [0.2, 0.25) is 5.02 Å². The van der Waals surface area contributed by atoms with E-state index in [1.165, 1.54) is 24.3 Å². The molecule has 0 aliphatic carbocycles. The number of hydrogen-bond acceptors (Lipinski definition) is 6. The van der Waals surface area contributed by atoms with Crippen LogP contribution in [-0.2, 0) is 11.4 Å². The maximum Gasteiger partial charge on any atom is 0.266 e. The minimum absolute atomic E-state index is 0.0287. The number of carbonyl (C=O) groups is 1. The highest BCUT2D eigenvalue weighted by molar-refractivity contribution is 6.32. The van der Waals surface area contributed by atoms with Gasteiger partial charge in [-0.25, -0.2) is 4.39 Å². The molecule has 1 aliphatic heterocycles. The Balaban J connectivity index is 1.55. The zero-order chi connectivity index (χ0) is 24.8. The van der Waals surface area contributed by atoms with Crippen LogP contribution in [0.15, 0.2) is 60.2 Å². The van der Waals surface area contributed by atoms with Gasteiger partial charge >= 0.3 is 0 Å². The molecule has 4 rings (SSSR count). The first-order valence-corrected chi connectivity index (χ1v) is 11.0. The van der Waals surface area contributed by atoms with Crippen LogP contribution in [0.4, 0.5) is 10.1 Å². The lowest BCUT2D eigenvalue weighted by molar-refractivity contribution is -0.112. The average molecular weight is 495 g/mol. The molecular weight excluding hydrogens is 475 g/mol. The predicted molar refractivity (Wildman–Crippen MR) is 128 cm³/mol. The van der Waals surface area contributed by atoms with Gasteiger partial charge in [-0.05, 0) is 60.5 Å². The van der Waals surface area contributed by atoms with Crippen LogP contribution >= 0.6 is 11.6 Å². The number of halogens is 2. The third kappa shape index (κ3) is 5.65. The second-order valence-electron chi connectivity index (χ2n) is 7.34. The van der Waals surface area contributed by atoms with Gasteiger partial charge in [0.25, 0.3) is 5.91 Å². The number of nitrogens with zero attached hydrogens (tertiary/aromatic N) is 1. The summed E-state index contributed by atoms with van der Waals surface area (Å²) < 4.78 is 36.2.